The van der Waals surface area contributed by atoms with Crippen molar-refractivity contribution in [1.82, 2.24) is 4.57 Å². The highest BCUT2D eigenvalue weighted by atomic mass is 32.1. The molecule has 0 amide bonds. The summed E-state index contributed by atoms with van der Waals surface area (Å²) in [6.07, 6.45) is 0. The van der Waals surface area contributed by atoms with Gasteiger partial charge in [-0.1, -0.05) is 166 Å². The van der Waals surface area contributed by atoms with Crippen LogP contribution in [0.3, 0.4) is 0 Å². The Morgan fingerprint density at radius 1 is 0.433 bits per heavy atom. The van der Waals surface area contributed by atoms with Gasteiger partial charge >= 0.3 is 0 Å². The lowest BCUT2D eigenvalue weighted by Gasteiger charge is -2.32. The number of para-hydroxylation sites is 3. The van der Waals surface area contributed by atoms with E-state index >= 15 is 0 Å². The van der Waals surface area contributed by atoms with Crippen molar-refractivity contribution in [2.45, 2.75) is 19.3 Å². The molecule has 2 nitrogen and oxygen atoms in total. The molecule has 0 bridgehead atoms. The summed E-state index contributed by atoms with van der Waals surface area (Å²) in [5.74, 6) is 0. The summed E-state index contributed by atoms with van der Waals surface area (Å²) in [6, 6.07) is 76.2. The van der Waals surface area contributed by atoms with Crippen molar-refractivity contribution < 1.29 is 0 Å². The average Bonchev–Trinajstić information content (AvgIpc) is 3.92. The molecule has 0 aliphatic heterocycles. The number of anilines is 3. The molecule has 1 aliphatic carbocycles. The van der Waals surface area contributed by atoms with Crippen LogP contribution >= 0.6 is 11.3 Å². The van der Waals surface area contributed by atoms with Gasteiger partial charge in [-0.05, 0) is 88.0 Å². The minimum Gasteiger partial charge on any atom is -0.309 e. The molecule has 2 heterocycles. The number of aromatic nitrogens is 1. The van der Waals surface area contributed by atoms with Gasteiger partial charge in [0.2, 0.25) is 0 Å². The average molecular weight is 785 g/mol. The summed E-state index contributed by atoms with van der Waals surface area (Å²) in [4.78, 5) is 2.58. The van der Waals surface area contributed by atoms with Gasteiger partial charge in [-0.25, -0.2) is 0 Å². The Bertz CT molecular complexity index is 3460. The fourth-order valence-electron chi connectivity index (χ4n) is 9.98. The van der Waals surface area contributed by atoms with E-state index in [0.29, 0.717) is 0 Å². The molecule has 0 unspecified atom stereocenters. The van der Waals surface area contributed by atoms with Crippen LogP contribution < -0.4 is 4.90 Å². The lowest BCUT2D eigenvalue weighted by molar-refractivity contribution is 0.660. The summed E-state index contributed by atoms with van der Waals surface area (Å²) < 4.78 is 4.96. The monoisotopic (exact) mass is 784 g/mol. The van der Waals surface area contributed by atoms with E-state index in [4.69, 9.17) is 0 Å². The zero-order valence-electron chi connectivity index (χ0n) is 33.4. The van der Waals surface area contributed by atoms with Gasteiger partial charge in [-0.3, -0.25) is 0 Å². The van der Waals surface area contributed by atoms with Crippen LogP contribution in [0.5, 0.6) is 0 Å². The third-order valence-corrected chi connectivity index (χ3v) is 14.0. The van der Waals surface area contributed by atoms with E-state index in [1.165, 1.54) is 92.2 Å². The summed E-state index contributed by atoms with van der Waals surface area (Å²) >= 11 is 1.89. The molecule has 284 valence electrons. The van der Waals surface area contributed by atoms with Gasteiger partial charge in [-0.15, -0.1) is 11.3 Å². The van der Waals surface area contributed by atoms with E-state index in [2.05, 4.69) is 230 Å². The molecular formula is C57H40N2S. The van der Waals surface area contributed by atoms with Crippen molar-refractivity contribution in [2.24, 2.45) is 0 Å². The molecule has 60 heavy (non-hydrogen) atoms. The summed E-state index contributed by atoms with van der Waals surface area (Å²) in [5.41, 5.74) is 17.0. The Morgan fingerprint density at radius 2 is 1.08 bits per heavy atom. The van der Waals surface area contributed by atoms with Gasteiger partial charge in [0.1, 0.15) is 0 Å². The van der Waals surface area contributed by atoms with Crippen LogP contribution in [0.25, 0.3) is 81.0 Å². The first-order valence-electron chi connectivity index (χ1n) is 20.8. The predicted molar refractivity (Wildman–Crippen MR) is 257 cm³/mol. The Kier molecular flexibility index (Phi) is 7.79. The van der Waals surface area contributed by atoms with Crippen LogP contribution in [0, 0.1) is 0 Å². The lowest BCUT2D eigenvalue weighted by atomic mass is 9.82. The van der Waals surface area contributed by atoms with Crippen molar-refractivity contribution in [3.8, 4) is 39.1 Å². The Hall–Kier alpha value is -7.20. The maximum Gasteiger partial charge on any atom is 0.0718 e. The second-order valence-electron chi connectivity index (χ2n) is 16.5. The van der Waals surface area contributed by atoms with Crippen LogP contribution in [0.15, 0.2) is 206 Å². The van der Waals surface area contributed by atoms with E-state index in [9.17, 15) is 0 Å². The summed E-state index contributed by atoms with van der Waals surface area (Å²) in [7, 11) is 0. The summed E-state index contributed by atoms with van der Waals surface area (Å²) in [5, 5.41) is 5.04. The third kappa shape index (κ3) is 5.19. The maximum atomic E-state index is 2.58. The first kappa shape index (κ1) is 34.8. The van der Waals surface area contributed by atoms with E-state index in [0.717, 1.165) is 17.1 Å². The minimum absolute atomic E-state index is 0.156. The fourth-order valence-corrected chi connectivity index (χ4v) is 11.2. The molecule has 0 fully saturated rings. The van der Waals surface area contributed by atoms with E-state index < -0.39 is 0 Å². The molecule has 3 heteroatoms. The number of nitrogens with zero attached hydrogens (tertiary/aromatic N) is 2. The van der Waals surface area contributed by atoms with Gasteiger partial charge in [0.25, 0.3) is 0 Å². The van der Waals surface area contributed by atoms with Gasteiger partial charge in [0.05, 0.1) is 27.1 Å². The first-order valence-corrected chi connectivity index (χ1v) is 21.6. The zero-order chi connectivity index (χ0) is 40.0. The van der Waals surface area contributed by atoms with E-state index in [1.807, 2.05) is 11.3 Å². The lowest BCUT2D eigenvalue weighted by Crippen LogP contribution is -2.17. The molecular weight excluding hydrogens is 745 g/mol. The molecule has 0 saturated heterocycles. The number of thiophene rings is 1. The molecule has 12 rings (SSSR count). The Balaban J connectivity index is 1.18. The normalized spacial score (nSPS) is 13.0. The highest BCUT2D eigenvalue weighted by Gasteiger charge is 2.36. The van der Waals surface area contributed by atoms with Crippen molar-refractivity contribution in [2.75, 3.05) is 4.90 Å². The third-order valence-electron chi connectivity index (χ3n) is 12.8. The van der Waals surface area contributed by atoms with Crippen molar-refractivity contribution in [1.29, 1.82) is 0 Å². The van der Waals surface area contributed by atoms with E-state index in [-0.39, 0.29) is 5.41 Å². The summed E-state index contributed by atoms with van der Waals surface area (Å²) in [6.45, 7) is 4.76. The number of benzene rings is 9. The quantitative estimate of drug-likeness (QED) is 0.163. The molecule has 0 saturated carbocycles. The van der Waals surface area contributed by atoms with Crippen molar-refractivity contribution in [3.63, 3.8) is 0 Å². The molecule has 0 radical (unpaired) electrons. The molecule has 2 aromatic heterocycles. The molecule has 0 atom stereocenters. The van der Waals surface area contributed by atoms with Crippen LogP contribution in [0.4, 0.5) is 17.1 Å². The number of hydrogen-bond donors (Lipinski definition) is 0. The topological polar surface area (TPSA) is 8.17 Å². The van der Waals surface area contributed by atoms with Crippen LogP contribution in [0.2, 0.25) is 0 Å². The zero-order valence-corrected chi connectivity index (χ0v) is 34.2. The second kappa shape index (κ2) is 13.4. The van der Waals surface area contributed by atoms with Crippen LogP contribution in [-0.4, -0.2) is 4.57 Å². The first-order chi connectivity index (χ1) is 29.5. The highest BCUT2D eigenvalue weighted by molar-refractivity contribution is 7.26. The van der Waals surface area contributed by atoms with Gasteiger partial charge in [-0.2, -0.15) is 0 Å². The largest absolute Gasteiger partial charge is 0.309 e. The van der Waals surface area contributed by atoms with Crippen molar-refractivity contribution >= 4 is 70.4 Å². The smallest absolute Gasteiger partial charge is 0.0718 e. The number of fused-ring (bicyclic) bond motifs is 9. The van der Waals surface area contributed by atoms with Gasteiger partial charge < -0.3 is 9.47 Å². The molecule has 11 aromatic rings. The number of rotatable bonds is 6. The molecule has 9 aromatic carbocycles. The minimum atomic E-state index is -0.156. The van der Waals surface area contributed by atoms with E-state index in [1.54, 1.807) is 0 Å². The van der Waals surface area contributed by atoms with Gasteiger partial charge in [0, 0.05) is 54.2 Å². The molecule has 1 aliphatic rings. The maximum absolute atomic E-state index is 2.58. The van der Waals surface area contributed by atoms with Crippen LogP contribution in [0.1, 0.15) is 25.0 Å². The standard InChI is InChI=1S/C57H40N2S/c1-57(2)49-25-13-9-22-43(49)44-31-30-40(36-50(44)57)59(51-26-14-10-21-41(51)37-17-5-3-6-18-37)55-42(32-33-47-46-24-12-16-28-54(46)60-56(47)55)38-29-34-53-48(35-38)45-23-11-15-27-52(45)58(53)39-19-7-4-8-20-39/h3-36H,1-2H3. The number of hydrogen-bond acceptors (Lipinski definition) is 2. The predicted octanol–water partition coefficient (Wildman–Crippen LogP) is 16.3. The molecule has 0 N–H and O–H groups in total. The fraction of sp³-hybridized carbons (Fsp3) is 0.0526. The SMILES string of the molecule is CC1(C)c2ccccc2-c2ccc(N(c3ccccc3-c3ccccc3)c3c(-c4ccc5c(c4)c4ccccc4n5-c4ccccc4)ccc4c3sc3ccccc34)cc21. The second-order valence-corrected chi connectivity index (χ2v) is 17.5. The van der Waals surface area contributed by atoms with Gasteiger partial charge in [0.15, 0.2) is 0 Å². The Labute approximate surface area is 353 Å². The van der Waals surface area contributed by atoms with Crippen molar-refractivity contribution in [3.05, 3.63) is 217 Å². The Morgan fingerprint density at radius 3 is 1.93 bits per heavy atom. The van der Waals surface area contributed by atoms with Crippen LogP contribution in [-0.2, 0) is 5.41 Å². The molecule has 0 spiro atoms. The highest BCUT2D eigenvalue weighted by Crippen LogP contribution is 2.55.